The van der Waals surface area contributed by atoms with Gasteiger partial charge < -0.3 is 0 Å². The third kappa shape index (κ3) is 1.66. The topological polar surface area (TPSA) is 3.88 Å². The number of aromatic nitrogens is 1. The van der Waals surface area contributed by atoms with Gasteiger partial charge in [-0.05, 0) is 45.3 Å². The van der Waals surface area contributed by atoms with Crippen LogP contribution in [0.2, 0.25) is 6.55 Å². The van der Waals surface area contributed by atoms with Crippen molar-refractivity contribution in [2.75, 3.05) is 0 Å². The molecule has 0 radical (unpaired) electrons. The summed E-state index contributed by atoms with van der Waals surface area (Å²) in [4.78, 5) is 0. The Labute approximate surface area is 177 Å². The summed E-state index contributed by atoms with van der Waals surface area (Å²) in [6, 6.07) is 29.7. The molecule has 1 aromatic heterocycles. The molecule has 1 nitrogen and oxygen atoms in total. The fourth-order valence-corrected chi connectivity index (χ4v) is 11.1. The van der Waals surface area contributed by atoms with Crippen LogP contribution in [0.3, 0.4) is 0 Å². The first-order valence-electron chi connectivity index (χ1n) is 10.7. The summed E-state index contributed by atoms with van der Waals surface area (Å²) in [5, 5.41) is 8.98. The molecule has 0 aliphatic carbocycles. The second-order valence-corrected chi connectivity index (χ2v) is 12.8. The van der Waals surface area contributed by atoms with Crippen molar-refractivity contribution in [1.29, 1.82) is 0 Å². The molecular weight excluding hydrogens is 378 g/mol. The van der Waals surface area contributed by atoms with E-state index in [-0.39, 0.29) is 0 Å². The van der Waals surface area contributed by atoms with Crippen molar-refractivity contribution in [3.8, 4) is 22.4 Å². The van der Waals surface area contributed by atoms with E-state index in [9.17, 15) is 0 Å². The summed E-state index contributed by atoms with van der Waals surface area (Å²) < 4.78 is 2.48. The van der Waals surface area contributed by atoms with E-state index in [1.165, 1.54) is 49.6 Å². The van der Waals surface area contributed by atoms with Crippen LogP contribution in [0.1, 0.15) is 5.56 Å². The van der Waals surface area contributed by atoms with Crippen LogP contribution in [0, 0.1) is 6.92 Å². The van der Waals surface area contributed by atoms with Gasteiger partial charge in [-0.3, -0.25) is 0 Å². The van der Waals surface area contributed by atoms with Crippen molar-refractivity contribution in [3.63, 3.8) is 0 Å². The Morgan fingerprint density at radius 2 is 1.50 bits per heavy atom. The maximum absolute atomic E-state index is 2.58. The molecule has 7 rings (SSSR count). The monoisotopic (exact) mass is 400 g/mol. The Morgan fingerprint density at radius 3 is 2.40 bits per heavy atom. The molecule has 3 heterocycles. The fourth-order valence-electron chi connectivity index (χ4n) is 6.33. The number of pyridine rings is 1. The molecule has 0 N–H and O–H groups in total. The van der Waals surface area contributed by atoms with Gasteiger partial charge in [0, 0.05) is 16.8 Å². The molecule has 30 heavy (non-hydrogen) atoms. The summed E-state index contributed by atoms with van der Waals surface area (Å²) in [6.07, 6.45) is 0. The van der Waals surface area contributed by atoms with Gasteiger partial charge >= 0.3 is 0 Å². The number of rotatable bonds is 0. The number of fused-ring (bicyclic) bond motifs is 7. The molecule has 0 saturated heterocycles. The maximum atomic E-state index is 2.58. The minimum Gasteiger partial charge on any atom is -0.194 e. The third-order valence-electron chi connectivity index (χ3n) is 7.62. The molecule has 2 aliphatic rings. The highest BCUT2D eigenvalue weighted by Crippen LogP contribution is 2.42. The van der Waals surface area contributed by atoms with Crippen LogP contribution < -0.4 is 20.1 Å². The van der Waals surface area contributed by atoms with E-state index in [2.05, 4.69) is 104 Å². The molecule has 1 unspecified atom stereocenters. The lowest BCUT2D eigenvalue weighted by molar-refractivity contribution is -0.632. The van der Waals surface area contributed by atoms with Crippen molar-refractivity contribution >= 4 is 45.3 Å². The van der Waals surface area contributed by atoms with Gasteiger partial charge in [0.05, 0.1) is 10.9 Å². The van der Waals surface area contributed by atoms with E-state index in [4.69, 9.17) is 0 Å². The van der Waals surface area contributed by atoms with Crippen LogP contribution in [0.25, 0.3) is 44.1 Å². The van der Waals surface area contributed by atoms with Crippen molar-refractivity contribution < 1.29 is 4.57 Å². The van der Waals surface area contributed by atoms with Gasteiger partial charge in [-0.15, -0.1) is 0 Å². The summed E-state index contributed by atoms with van der Waals surface area (Å²) >= 11 is 0. The fraction of sp³-hybridized carbons (Fsp3) is 0.107. The highest BCUT2D eigenvalue weighted by Gasteiger charge is 2.52. The molecular formula is C28H22NSi+. The Kier molecular flexibility index (Phi) is 2.91. The van der Waals surface area contributed by atoms with E-state index in [0.29, 0.717) is 0 Å². The van der Waals surface area contributed by atoms with Gasteiger partial charge in [0.1, 0.15) is 7.05 Å². The largest absolute Gasteiger partial charge is 0.214 e. The van der Waals surface area contributed by atoms with E-state index >= 15 is 0 Å². The second kappa shape index (κ2) is 5.27. The Morgan fingerprint density at radius 1 is 0.733 bits per heavy atom. The van der Waals surface area contributed by atoms with Crippen LogP contribution in [0.15, 0.2) is 78.9 Å². The SMILES string of the molecule is Cc1ccc2cccc3c2c1-c1c2c(c4ccccc4[n+]1C)-c1ccccc1[Si]23C. The standard InChI is InChI=1S/C28H22NSi/c1-17-15-16-18-9-8-14-23-25(18)24(17)27-28-26(19-10-4-6-12-21(19)29(27)2)20-11-5-7-13-22(20)30(23,28)3/h4-16H,1-3H3/q+1. The van der Waals surface area contributed by atoms with Crippen LogP contribution in [0.4, 0.5) is 0 Å². The van der Waals surface area contributed by atoms with Crippen molar-refractivity contribution in [3.05, 3.63) is 84.4 Å². The maximum Gasteiger partial charge on any atom is 0.214 e. The molecule has 0 amide bonds. The number of benzene rings is 4. The van der Waals surface area contributed by atoms with Gasteiger partial charge in [-0.2, -0.15) is 4.57 Å². The number of nitrogens with zero attached hydrogens (tertiary/aromatic N) is 1. The van der Waals surface area contributed by atoms with E-state index in [0.717, 1.165) is 0 Å². The van der Waals surface area contributed by atoms with Crippen LogP contribution >= 0.6 is 0 Å². The first-order chi connectivity index (χ1) is 14.6. The first kappa shape index (κ1) is 16.6. The summed E-state index contributed by atoms with van der Waals surface area (Å²) in [6.45, 7) is 4.86. The van der Waals surface area contributed by atoms with E-state index < -0.39 is 8.07 Å². The lowest BCUT2D eigenvalue weighted by Crippen LogP contribution is -2.66. The molecule has 142 valence electrons. The molecule has 5 aromatic rings. The van der Waals surface area contributed by atoms with Crippen LogP contribution in [-0.2, 0) is 7.05 Å². The van der Waals surface area contributed by atoms with E-state index in [1.54, 1.807) is 15.6 Å². The highest BCUT2D eigenvalue weighted by molar-refractivity contribution is 7.15. The molecule has 4 aromatic carbocycles. The zero-order chi connectivity index (χ0) is 20.2. The smallest absolute Gasteiger partial charge is 0.194 e. The van der Waals surface area contributed by atoms with Gasteiger partial charge in [-0.25, -0.2) is 0 Å². The molecule has 2 heteroatoms. The van der Waals surface area contributed by atoms with Gasteiger partial charge in [0.25, 0.3) is 0 Å². The molecule has 2 aliphatic heterocycles. The Bertz CT molecular complexity index is 1580. The minimum absolute atomic E-state index is 1.31. The van der Waals surface area contributed by atoms with Crippen LogP contribution in [0.5, 0.6) is 0 Å². The number of para-hydroxylation sites is 1. The molecule has 0 saturated carbocycles. The number of aryl methyl sites for hydroxylation is 2. The predicted molar refractivity (Wildman–Crippen MR) is 129 cm³/mol. The molecule has 0 bridgehead atoms. The lowest BCUT2D eigenvalue weighted by atomic mass is 9.92. The summed E-state index contributed by atoms with van der Waals surface area (Å²) in [7, 11) is 0.163. The third-order valence-corrected chi connectivity index (χ3v) is 12.1. The average molecular weight is 401 g/mol. The molecule has 0 fully saturated rings. The van der Waals surface area contributed by atoms with Crippen molar-refractivity contribution in [2.24, 2.45) is 7.05 Å². The van der Waals surface area contributed by atoms with Crippen molar-refractivity contribution in [2.45, 2.75) is 13.5 Å². The summed E-state index contributed by atoms with van der Waals surface area (Å²) in [5.74, 6) is 0. The first-order valence-corrected chi connectivity index (χ1v) is 13.2. The van der Waals surface area contributed by atoms with Crippen molar-refractivity contribution in [1.82, 2.24) is 0 Å². The van der Waals surface area contributed by atoms with Gasteiger partial charge in [-0.1, -0.05) is 73.3 Å². The minimum atomic E-state index is -2.10. The van der Waals surface area contributed by atoms with E-state index in [1.807, 2.05) is 0 Å². The second-order valence-electron chi connectivity index (χ2n) is 9.01. The molecule has 1 atom stereocenters. The van der Waals surface area contributed by atoms with Gasteiger partial charge in [0.2, 0.25) is 11.2 Å². The quantitative estimate of drug-likeness (QED) is 0.271. The molecule has 0 spiro atoms. The Hall–Kier alpha value is -3.23. The summed E-state index contributed by atoms with van der Waals surface area (Å²) in [5.41, 5.74) is 8.49. The number of hydrogen-bond acceptors (Lipinski definition) is 0. The highest BCUT2D eigenvalue weighted by atomic mass is 28.3. The zero-order valence-corrected chi connectivity index (χ0v) is 18.5. The number of hydrogen-bond donors (Lipinski definition) is 0. The normalized spacial score (nSPS) is 18.0. The van der Waals surface area contributed by atoms with Gasteiger partial charge in [0.15, 0.2) is 8.07 Å². The average Bonchev–Trinajstić information content (AvgIpc) is 3.05. The lowest BCUT2D eigenvalue weighted by Gasteiger charge is -2.33. The zero-order valence-electron chi connectivity index (χ0n) is 17.5. The predicted octanol–water partition coefficient (Wildman–Crippen LogP) is 4.19. The Balaban J connectivity index is 1.87. The van der Waals surface area contributed by atoms with Crippen LogP contribution in [-0.4, -0.2) is 8.07 Å².